The Morgan fingerprint density at radius 3 is 1.70 bits per heavy atom. The maximum Gasteiger partial charge on any atom is 0.111 e. The molecule has 0 saturated heterocycles. The summed E-state index contributed by atoms with van der Waals surface area (Å²) < 4.78 is 0. The molecule has 1 N–H and O–H groups in total. The van der Waals surface area contributed by atoms with Gasteiger partial charge in [-0.2, -0.15) is 11.3 Å². The third-order valence-corrected chi connectivity index (χ3v) is 5.84. The van der Waals surface area contributed by atoms with E-state index in [1.54, 1.807) is 17.5 Å². The van der Waals surface area contributed by atoms with Crippen molar-refractivity contribution in [2.24, 2.45) is 0 Å². The van der Waals surface area contributed by atoms with E-state index in [0.717, 1.165) is 5.82 Å². The van der Waals surface area contributed by atoms with Gasteiger partial charge in [0.15, 0.2) is 0 Å². The normalized spacial score (nSPS) is 11.9. The van der Waals surface area contributed by atoms with Gasteiger partial charge in [0, 0.05) is 22.7 Å². The molecule has 0 spiro atoms. The lowest BCUT2D eigenvalue weighted by Gasteiger charge is -2.15. The fourth-order valence-electron chi connectivity index (χ4n) is 2.07. The Balaban J connectivity index is 0.000000202. The summed E-state index contributed by atoms with van der Waals surface area (Å²) >= 11 is 3.60. The zero-order valence-electron chi connectivity index (χ0n) is 18.4. The van der Waals surface area contributed by atoms with E-state index in [9.17, 15) is 0 Å². The second-order valence-corrected chi connectivity index (χ2v) is 11.4. The summed E-state index contributed by atoms with van der Waals surface area (Å²) in [6, 6.07) is 6.47. The molecule has 3 aromatic heterocycles. The SMILES string of the molecule is CC(C)(C)c1cccs1.CC(C)(C)c1ccsc1.CC(C)(C)c1ncc[nH]1. The highest BCUT2D eigenvalue weighted by Gasteiger charge is 2.15. The number of H-pyrrole nitrogens is 1. The number of aromatic amines is 1. The second kappa shape index (κ2) is 9.70. The third-order valence-electron chi connectivity index (χ3n) is 3.86. The predicted molar refractivity (Wildman–Crippen MR) is 123 cm³/mol. The maximum absolute atomic E-state index is 4.13. The molecule has 0 bridgehead atoms. The number of nitrogens with one attached hydrogen (secondary N) is 1. The minimum absolute atomic E-state index is 0.156. The van der Waals surface area contributed by atoms with Gasteiger partial charge in [0.25, 0.3) is 0 Å². The van der Waals surface area contributed by atoms with Crippen LogP contribution in [0.2, 0.25) is 0 Å². The van der Waals surface area contributed by atoms with Crippen molar-refractivity contribution in [2.75, 3.05) is 0 Å². The van der Waals surface area contributed by atoms with Crippen LogP contribution in [-0.4, -0.2) is 9.97 Å². The smallest absolute Gasteiger partial charge is 0.111 e. The lowest BCUT2D eigenvalue weighted by molar-refractivity contribution is 0.552. The molecule has 2 nitrogen and oxygen atoms in total. The number of nitrogens with zero attached hydrogens (tertiary/aromatic N) is 1. The van der Waals surface area contributed by atoms with Crippen LogP contribution in [-0.2, 0) is 16.2 Å². The van der Waals surface area contributed by atoms with Gasteiger partial charge in [-0.05, 0) is 44.7 Å². The van der Waals surface area contributed by atoms with Crippen molar-refractivity contribution in [1.29, 1.82) is 0 Å². The molecule has 4 heteroatoms. The molecule has 0 saturated carbocycles. The molecule has 0 amide bonds. The van der Waals surface area contributed by atoms with Crippen LogP contribution >= 0.6 is 22.7 Å². The molecule has 0 radical (unpaired) electrons. The van der Waals surface area contributed by atoms with Crippen molar-refractivity contribution in [1.82, 2.24) is 9.97 Å². The van der Waals surface area contributed by atoms with Crippen LogP contribution in [0.3, 0.4) is 0 Å². The van der Waals surface area contributed by atoms with Crippen LogP contribution in [0.4, 0.5) is 0 Å². The van der Waals surface area contributed by atoms with Gasteiger partial charge in [-0.25, -0.2) is 4.98 Å². The van der Waals surface area contributed by atoms with Crippen LogP contribution in [0.25, 0.3) is 0 Å². The Morgan fingerprint density at radius 2 is 1.48 bits per heavy atom. The Labute approximate surface area is 174 Å². The van der Waals surface area contributed by atoms with Gasteiger partial charge in [0.1, 0.15) is 5.82 Å². The first kappa shape index (κ1) is 23.6. The molecule has 0 fully saturated rings. The minimum atomic E-state index is 0.156. The van der Waals surface area contributed by atoms with E-state index in [1.165, 1.54) is 10.4 Å². The van der Waals surface area contributed by atoms with Crippen LogP contribution in [0.15, 0.2) is 46.7 Å². The van der Waals surface area contributed by atoms with Gasteiger partial charge in [-0.1, -0.05) is 68.4 Å². The van der Waals surface area contributed by atoms with Gasteiger partial charge in [-0.15, -0.1) is 11.3 Å². The van der Waals surface area contributed by atoms with E-state index < -0.39 is 0 Å². The number of hydrogen-bond acceptors (Lipinski definition) is 3. The molecular weight excluding hydrogens is 368 g/mol. The van der Waals surface area contributed by atoms with Crippen molar-refractivity contribution in [3.05, 3.63) is 63.0 Å². The van der Waals surface area contributed by atoms with Crippen LogP contribution in [0.5, 0.6) is 0 Å². The number of aromatic nitrogens is 2. The number of imidazole rings is 1. The average Bonchev–Trinajstić information content (AvgIpc) is 3.28. The highest BCUT2D eigenvalue weighted by Crippen LogP contribution is 2.26. The predicted octanol–water partition coefficient (Wildman–Crippen LogP) is 7.80. The Hall–Kier alpha value is -1.39. The van der Waals surface area contributed by atoms with Crippen LogP contribution < -0.4 is 0 Å². The summed E-state index contributed by atoms with van der Waals surface area (Å²) in [4.78, 5) is 8.66. The maximum atomic E-state index is 4.13. The third kappa shape index (κ3) is 8.89. The molecule has 0 unspecified atom stereocenters. The van der Waals surface area contributed by atoms with Crippen molar-refractivity contribution in [3.63, 3.8) is 0 Å². The van der Waals surface area contributed by atoms with E-state index in [2.05, 4.69) is 107 Å². The topological polar surface area (TPSA) is 28.7 Å². The molecule has 0 aliphatic heterocycles. The molecule has 0 aromatic carbocycles. The summed E-state index contributed by atoms with van der Waals surface area (Å²) in [5.41, 5.74) is 2.27. The number of thiophene rings is 2. The van der Waals surface area contributed by atoms with Crippen LogP contribution in [0, 0.1) is 0 Å². The first-order valence-corrected chi connectivity index (χ1v) is 11.2. The lowest BCUT2D eigenvalue weighted by atomic mass is 9.90. The van der Waals surface area contributed by atoms with Crippen molar-refractivity contribution in [3.8, 4) is 0 Å². The molecule has 150 valence electrons. The highest BCUT2D eigenvalue weighted by molar-refractivity contribution is 7.10. The highest BCUT2D eigenvalue weighted by atomic mass is 32.1. The molecule has 0 atom stereocenters. The Morgan fingerprint density at radius 1 is 0.815 bits per heavy atom. The molecule has 3 heterocycles. The van der Waals surface area contributed by atoms with E-state index in [1.807, 2.05) is 17.5 Å². The first-order chi connectivity index (χ1) is 12.3. The van der Waals surface area contributed by atoms with E-state index in [0.29, 0.717) is 10.8 Å². The largest absolute Gasteiger partial charge is 0.348 e. The first-order valence-electron chi connectivity index (χ1n) is 9.38. The zero-order valence-corrected chi connectivity index (χ0v) is 20.0. The van der Waals surface area contributed by atoms with E-state index in [-0.39, 0.29) is 5.41 Å². The zero-order chi connectivity index (χ0) is 20.7. The van der Waals surface area contributed by atoms with E-state index in [4.69, 9.17) is 0 Å². The molecule has 0 aliphatic carbocycles. The Bertz CT molecular complexity index is 613. The molecule has 27 heavy (non-hydrogen) atoms. The summed E-state index contributed by atoms with van der Waals surface area (Å²) in [5, 5.41) is 6.46. The molecule has 3 aromatic rings. The van der Waals surface area contributed by atoms with Crippen molar-refractivity contribution in [2.45, 2.75) is 78.6 Å². The summed E-state index contributed by atoms with van der Waals surface area (Å²) in [6.45, 7) is 19.8. The second-order valence-electron chi connectivity index (χ2n) is 9.68. The van der Waals surface area contributed by atoms with Gasteiger partial charge >= 0.3 is 0 Å². The fraction of sp³-hybridized carbons (Fsp3) is 0.522. The summed E-state index contributed by atoms with van der Waals surface area (Å²) in [7, 11) is 0. The quantitative estimate of drug-likeness (QED) is 0.407. The summed E-state index contributed by atoms with van der Waals surface area (Å²) in [6.07, 6.45) is 3.63. The van der Waals surface area contributed by atoms with Gasteiger partial charge in [-0.3, -0.25) is 0 Å². The van der Waals surface area contributed by atoms with Gasteiger partial charge in [0.2, 0.25) is 0 Å². The van der Waals surface area contributed by atoms with Crippen LogP contribution in [0.1, 0.15) is 78.6 Å². The number of rotatable bonds is 0. The lowest BCUT2D eigenvalue weighted by Crippen LogP contribution is -2.12. The number of hydrogen-bond donors (Lipinski definition) is 1. The van der Waals surface area contributed by atoms with E-state index >= 15 is 0 Å². The molecular formula is C23H36N2S2. The average molecular weight is 405 g/mol. The molecule has 0 aliphatic rings. The monoisotopic (exact) mass is 404 g/mol. The van der Waals surface area contributed by atoms with Gasteiger partial charge in [0.05, 0.1) is 0 Å². The fourth-order valence-corrected chi connectivity index (χ4v) is 3.77. The summed E-state index contributed by atoms with van der Waals surface area (Å²) in [5.74, 6) is 1.04. The van der Waals surface area contributed by atoms with Crippen molar-refractivity contribution < 1.29 is 0 Å². The molecule has 3 rings (SSSR count). The van der Waals surface area contributed by atoms with Crippen molar-refractivity contribution >= 4 is 22.7 Å². The standard InChI is InChI=1S/2C8H12S.C7H12N2/c1-8(2,3)7-4-5-9-6-7;1-8(2,3)7-5-4-6-9-7;1-7(2,3)6-8-4-5-9-6/h2*4-6H,1-3H3;4-5H,1-3H3,(H,8,9). The van der Waals surface area contributed by atoms with Gasteiger partial charge < -0.3 is 4.98 Å². The Kier molecular flexibility index (Phi) is 8.49. The minimum Gasteiger partial charge on any atom is -0.348 e.